The molecule has 162 valence electrons. The second-order valence-corrected chi connectivity index (χ2v) is 7.76. The average molecular weight is 427 g/mol. The summed E-state index contributed by atoms with van der Waals surface area (Å²) >= 11 is 0. The summed E-state index contributed by atoms with van der Waals surface area (Å²) in [6, 6.07) is 3.88. The largest absolute Gasteiger partial charge is 0.357 e. The van der Waals surface area contributed by atoms with Crippen molar-refractivity contribution < 1.29 is 0 Å². The minimum Gasteiger partial charge on any atom is -0.357 e. The van der Waals surface area contributed by atoms with E-state index in [0.29, 0.717) is 5.82 Å². The van der Waals surface area contributed by atoms with Crippen molar-refractivity contribution in [1.29, 1.82) is 0 Å². The van der Waals surface area contributed by atoms with Gasteiger partial charge in [-0.05, 0) is 44.8 Å². The van der Waals surface area contributed by atoms with Gasteiger partial charge in [0.1, 0.15) is 5.69 Å². The summed E-state index contributed by atoms with van der Waals surface area (Å²) in [4.78, 5) is 18.5. The van der Waals surface area contributed by atoms with Gasteiger partial charge in [0, 0.05) is 35.4 Å². The van der Waals surface area contributed by atoms with Crippen LogP contribution in [0.5, 0.6) is 0 Å². The number of aromatic nitrogens is 6. The molecular weight excluding hydrogens is 400 g/mol. The summed E-state index contributed by atoms with van der Waals surface area (Å²) in [5.74, 6) is 0.671. The first kappa shape index (κ1) is 21.2. The van der Waals surface area contributed by atoms with Crippen molar-refractivity contribution in [2.24, 2.45) is 0 Å². The molecule has 0 aliphatic rings. The highest BCUT2D eigenvalue weighted by molar-refractivity contribution is 5.88. The number of imidazole rings is 1. The molecule has 0 aliphatic heterocycles. The van der Waals surface area contributed by atoms with Crippen LogP contribution in [0.3, 0.4) is 0 Å². The van der Waals surface area contributed by atoms with Gasteiger partial charge in [-0.15, -0.1) is 0 Å². The van der Waals surface area contributed by atoms with Gasteiger partial charge in [0.2, 0.25) is 0 Å². The van der Waals surface area contributed by atoms with E-state index in [2.05, 4.69) is 53.5 Å². The lowest BCUT2D eigenvalue weighted by atomic mass is 10.1. The van der Waals surface area contributed by atoms with Crippen LogP contribution in [0.2, 0.25) is 0 Å². The number of fused-ring (bicyclic) bond motifs is 1. The molecule has 3 N–H and O–H groups in total. The van der Waals surface area contributed by atoms with Crippen LogP contribution in [0.15, 0.2) is 55.8 Å². The van der Waals surface area contributed by atoms with E-state index in [9.17, 15) is 0 Å². The molecule has 32 heavy (non-hydrogen) atoms. The first-order chi connectivity index (χ1) is 15.4. The molecule has 0 amide bonds. The number of aromatic amines is 2. The molecule has 4 aromatic rings. The van der Waals surface area contributed by atoms with Gasteiger partial charge in [-0.1, -0.05) is 19.2 Å². The Labute approximate surface area is 186 Å². The van der Waals surface area contributed by atoms with Crippen molar-refractivity contribution in [2.75, 3.05) is 26.0 Å². The molecule has 4 rings (SSSR count). The Morgan fingerprint density at radius 3 is 2.78 bits per heavy atom. The summed E-state index contributed by atoms with van der Waals surface area (Å²) in [6.07, 6.45) is 11.0. The van der Waals surface area contributed by atoms with E-state index in [1.165, 1.54) is 0 Å². The Balaban J connectivity index is 1.70. The maximum atomic E-state index is 4.66. The Kier molecular flexibility index (Phi) is 5.96. The summed E-state index contributed by atoms with van der Waals surface area (Å²) in [5.41, 5.74) is 5.88. The van der Waals surface area contributed by atoms with Gasteiger partial charge >= 0.3 is 0 Å². The number of likely N-dealkylation sites (N-methyl/N-ethyl adjacent to an activating group) is 1. The number of nitrogens with zero attached hydrogens (tertiary/aromatic N) is 5. The summed E-state index contributed by atoms with van der Waals surface area (Å²) < 4.78 is 0. The van der Waals surface area contributed by atoms with E-state index < -0.39 is 0 Å². The predicted octanol–water partition coefficient (Wildman–Crippen LogP) is 2.52. The topological polar surface area (TPSA) is 98.4 Å². The molecule has 0 spiro atoms. The van der Waals surface area contributed by atoms with E-state index in [-0.39, 0.29) is 0 Å². The van der Waals surface area contributed by atoms with Crippen molar-refractivity contribution in [3.8, 4) is 11.5 Å². The third kappa shape index (κ3) is 4.50. The normalized spacial score (nSPS) is 12.6. The lowest BCUT2D eigenvalue weighted by molar-refractivity contribution is 0.447. The number of hydrogen-bond donors (Lipinski definition) is 3. The summed E-state index contributed by atoms with van der Waals surface area (Å²) in [7, 11) is 4.00. The molecular formula is C24H26N8. The molecule has 0 aromatic carbocycles. The van der Waals surface area contributed by atoms with Gasteiger partial charge in [0.05, 0.1) is 34.5 Å². The molecule has 4 aromatic heterocycles. The number of rotatable bonds is 7. The predicted molar refractivity (Wildman–Crippen MR) is 130 cm³/mol. The Hall–Kier alpha value is -4.04. The van der Waals surface area contributed by atoms with Crippen molar-refractivity contribution in [2.45, 2.75) is 6.92 Å². The fourth-order valence-corrected chi connectivity index (χ4v) is 3.45. The quantitative estimate of drug-likeness (QED) is 0.420. The monoisotopic (exact) mass is 426 g/mol. The standard InChI is InChI=1S/C24H26N8/c1-6-20-19(23(31-30-20)24-28-21-7-8-25-13-22(21)29-24)9-15(2)17-10-18(12-26-11-17)27-16(3)14-32(4)5/h6-13,27,30H,2-3,14H2,1,4-5H3,(H,28,29)/b19-9+,20-6+. The van der Waals surface area contributed by atoms with Crippen LogP contribution in [0.25, 0.3) is 40.3 Å². The highest BCUT2D eigenvalue weighted by atomic mass is 15.1. The molecule has 0 fully saturated rings. The Bertz CT molecular complexity index is 1370. The van der Waals surface area contributed by atoms with Gasteiger partial charge < -0.3 is 15.2 Å². The summed E-state index contributed by atoms with van der Waals surface area (Å²) in [5, 5.41) is 12.7. The zero-order valence-corrected chi connectivity index (χ0v) is 18.5. The van der Waals surface area contributed by atoms with Gasteiger partial charge in [0.25, 0.3) is 0 Å². The van der Waals surface area contributed by atoms with Gasteiger partial charge in [0.15, 0.2) is 5.82 Å². The van der Waals surface area contributed by atoms with Crippen LogP contribution in [0, 0.1) is 0 Å². The Morgan fingerprint density at radius 2 is 2.03 bits per heavy atom. The lowest BCUT2D eigenvalue weighted by Crippen LogP contribution is -2.23. The molecule has 0 saturated carbocycles. The van der Waals surface area contributed by atoms with E-state index in [1.807, 2.05) is 45.3 Å². The molecule has 8 nitrogen and oxygen atoms in total. The SMILES string of the molecule is C=C(CN(C)C)Nc1cncc(C(=C)/C=c2/c(-c3nc4ccncc4[nH]3)n[nH]/c2=C/C)c1. The van der Waals surface area contributed by atoms with Gasteiger partial charge in [-0.2, -0.15) is 5.10 Å². The zero-order valence-electron chi connectivity index (χ0n) is 18.5. The molecule has 0 bridgehead atoms. The lowest BCUT2D eigenvalue weighted by Gasteiger charge is -2.14. The molecule has 0 radical (unpaired) electrons. The van der Waals surface area contributed by atoms with Gasteiger partial charge in [-0.25, -0.2) is 4.98 Å². The highest BCUT2D eigenvalue weighted by Crippen LogP contribution is 2.19. The molecule has 0 atom stereocenters. The molecule has 8 heteroatoms. The van der Waals surface area contributed by atoms with E-state index in [1.54, 1.807) is 24.8 Å². The van der Waals surface area contributed by atoms with Crippen molar-refractivity contribution in [3.63, 3.8) is 0 Å². The van der Waals surface area contributed by atoms with Crippen molar-refractivity contribution >= 4 is 34.4 Å². The second-order valence-electron chi connectivity index (χ2n) is 7.76. The molecule has 0 saturated heterocycles. The van der Waals surface area contributed by atoms with Crippen LogP contribution in [0.1, 0.15) is 12.5 Å². The fourth-order valence-electron chi connectivity index (χ4n) is 3.45. The second kappa shape index (κ2) is 8.99. The van der Waals surface area contributed by atoms with E-state index >= 15 is 0 Å². The summed E-state index contributed by atoms with van der Waals surface area (Å²) in [6.45, 7) is 11.0. The average Bonchev–Trinajstić information content (AvgIpc) is 3.36. The highest BCUT2D eigenvalue weighted by Gasteiger charge is 2.11. The third-order valence-corrected chi connectivity index (χ3v) is 4.89. The van der Waals surface area contributed by atoms with Crippen molar-refractivity contribution in [1.82, 2.24) is 35.0 Å². The first-order valence-electron chi connectivity index (χ1n) is 10.2. The number of H-pyrrole nitrogens is 2. The zero-order chi connectivity index (χ0) is 22.7. The number of allylic oxidation sites excluding steroid dienone is 1. The van der Waals surface area contributed by atoms with Crippen LogP contribution < -0.4 is 15.9 Å². The number of nitrogens with one attached hydrogen (secondary N) is 3. The smallest absolute Gasteiger partial charge is 0.159 e. The van der Waals surface area contributed by atoms with Crippen molar-refractivity contribution in [3.05, 3.63) is 71.9 Å². The van der Waals surface area contributed by atoms with E-state index in [0.717, 1.165) is 56.4 Å². The maximum Gasteiger partial charge on any atom is 0.159 e. The Morgan fingerprint density at radius 1 is 1.19 bits per heavy atom. The molecule has 0 unspecified atom stereocenters. The van der Waals surface area contributed by atoms with E-state index in [4.69, 9.17) is 0 Å². The number of anilines is 1. The first-order valence-corrected chi connectivity index (χ1v) is 10.2. The number of hydrogen-bond acceptors (Lipinski definition) is 6. The molecule has 0 aliphatic carbocycles. The van der Waals surface area contributed by atoms with Crippen LogP contribution in [-0.2, 0) is 0 Å². The minimum absolute atomic E-state index is 0.671. The molecule has 4 heterocycles. The van der Waals surface area contributed by atoms with Crippen LogP contribution in [0.4, 0.5) is 5.69 Å². The van der Waals surface area contributed by atoms with Gasteiger partial charge in [-0.3, -0.25) is 15.1 Å². The third-order valence-electron chi connectivity index (χ3n) is 4.89. The van der Waals surface area contributed by atoms with Crippen LogP contribution in [-0.4, -0.2) is 55.7 Å². The minimum atomic E-state index is 0.671. The fraction of sp³-hybridized carbons (Fsp3) is 0.167. The van der Waals surface area contributed by atoms with Crippen LogP contribution >= 0.6 is 0 Å². The number of pyridine rings is 2. The maximum absolute atomic E-state index is 4.66.